The van der Waals surface area contributed by atoms with Gasteiger partial charge in [-0.15, -0.1) is 0 Å². The highest BCUT2D eigenvalue weighted by molar-refractivity contribution is 6.30. The van der Waals surface area contributed by atoms with E-state index in [2.05, 4.69) is 26.0 Å². The van der Waals surface area contributed by atoms with E-state index >= 15 is 0 Å². The van der Waals surface area contributed by atoms with E-state index < -0.39 is 0 Å². The molecular weight excluding hydrogens is 380 g/mol. The summed E-state index contributed by atoms with van der Waals surface area (Å²) in [6, 6.07) is 7.79. The van der Waals surface area contributed by atoms with Crippen LogP contribution in [0.2, 0.25) is 5.02 Å². The van der Waals surface area contributed by atoms with E-state index in [1.54, 1.807) is 0 Å². The number of fused-ring (bicyclic) bond motifs is 5. The molecule has 3 heteroatoms. The molecule has 5 rings (SSSR count). The van der Waals surface area contributed by atoms with Crippen LogP contribution >= 0.6 is 11.6 Å². The maximum Gasteiger partial charge on any atom is 0.165 e. The molecule has 0 radical (unpaired) electrons. The minimum atomic E-state index is -0.213. The third kappa shape index (κ3) is 2.98. The van der Waals surface area contributed by atoms with Crippen LogP contribution in [0.1, 0.15) is 64.4 Å². The van der Waals surface area contributed by atoms with Crippen molar-refractivity contribution in [2.75, 3.05) is 0 Å². The standard InChI is InChI=1S/C26H31ClO2/c1-25-11-9-20(28)15-18(25)5-8-21-22(25)10-12-26(2)23(21)14-17(24(26)29)13-16-3-6-19(27)7-4-16/h3-7,13,20-23,28H,8-12,14-15H2,1-2H3/b17-13+/t20-,21+,22-,23+,25+,26+/m1/s1. The Kier molecular flexibility index (Phi) is 4.60. The molecule has 2 nitrogen and oxygen atoms in total. The Balaban J connectivity index is 1.47. The van der Waals surface area contributed by atoms with Gasteiger partial charge < -0.3 is 5.11 Å². The van der Waals surface area contributed by atoms with E-state index in [1.807, 2.05) is 24.3 Å². The predicted octanol–water partition coefficient (Wildman–Crippen LogP) is 6.23. The molecule has 1 N–H and O–H groups in total. The van der Waals surface area contributed by atoms with E-state index in [0.717, 1.165) is 61.1 Å². The molecule has 0 unspecified atom stereocenters. The Labute approximate surface area is 179 Å². The van der Waals surface area contributed by atoms with Gasteiger partial charge in [0.25, 0.3) is 0 Å². The molecule has 0 amide bonds. The molecule has 0 heterocycles. The summed E-state index contributed by atoms with van der Waals surface area (Å²) in [6.07, 6.45) is 11.3. The van der Waals surface area contributed by atoms with Crippen LogP contribution in [0.25, 0.3) is 6.08 Å². The summed E-state index contributed by atoms with van der Waals surface area (Å²) in [5.41, 5.74) is 3.56. The van der Waals surface area contributed by atoms with Gasteiger partial charge in [-0.3, -0.25) is 4.79 Å². The first-order chi connectivity index (χ1) is 13.8. The summed E-state index contributed by atoms with van der Waals surface area (Å²) in [7, 11) is 0. The van der Waals surface area contributed by atoms with E-state index in [-0.39, 0.29) is 16.9 Å². The van der Waals surface area contributed by atoms with Crippen molar-refractivity contribution in [3.05, 3.63) is 52.1 Å². The lowest BCUT2D eigenvalue weighted by molar-refractivity contribution is -0.130. The molecule has 3 fully saturated rings. The van der Waals surface area contributed by atoms with Gasteiger partial charge in [-0.05, 0) is 97.5 Å². The Morgan fingerprint density at radius 2 is 1.76 bits per heavy atom. The third-order valence-electron chi connectivity index (χ3n) is 8.93. The van der Waals surface area contributed by atoms with E-state index in [0.29, 0.717) is 23.5 Å². The first-order valence-corrected chi connectivity index (χ1v) is 11.6. The lowest BCUT2D eigenvalue weighted by Gasteiger charge is -2.56. The van der Waals surface area contributed by atoms with E-state index in [9.17, 15) is 9.90 Å². The summed E-state index contributed by atoms with van der Waals surface area (Å²) in [5, 5.41) is 10.9. The van der Waals surface area contributed by atoms with Crippen LogP contribution in [0.5, 0.6) is 0 Å². The van der Waals surface area contributed by atoms with Gasteiger partial charge in [0, 0.05) is 10.4 Å². The quantitative estimate of drug-likeness (QED) is 0.440. The first kappa shape index (κ1) is 19.6. The topological polar surface area (TPSA) is 37.3 Å². The molecule has 3 saturated carbocycles. The lowest BCUT2D eigenvalue weighted by atomic mass is 9.48. The van der Waals surface area contributed by atoms with Gasteiger partial charge in [-0.1, -0.05) is 49.2 Å². The number of aliphatic hydroxyl groups excluding tert-OH is 1. The average molecular weight is 411 g/mol. The number of hydrogen-bond acceptors (Lipinski definition) is 2. The van der Waals surface area contributed by atoms with Crippen LogP contribution < -0.4 is 0 Å². The van der Waals surface area contributed by atoms with Crippen molar-refractivity contribution >= 4 is 23.5 Å². The zero-order valence-electron chi connectivity index (χ0n) is 17.5. The maximum atomic E-state index is 13.5. The molecule has 1 aromatic carbocycles. The van der Waals surface area contributed by atoms with Crippen molar-refractivity contribution in [1.29, 1.82) is 0 Å². The van der Waals surface area contributed by atoms with Gasteiger partial charge in [0.15, 0.2) is 5.78 Å². The van der Waals surface area contributed by atoms with Gasteiger partial charge in [0.05, 0.1) is 6.10 Å². The summed E-state index contributed by atoms with van der Waals surface area (Å²) >= 11 is 6.02. The Morgan fingerprint density at radius 3 is 2.52 bits per heavy atom. The Hall–Kier alpha value is -1.38. The van der Waals surface area contributed by atoms with Gasteiger partial charge in [0.1, 0.15) is 0 Å². The second-order valence-corrected chi connectivity index (χ2v) is 10.8. The number of hydrogen-bond donors (Lipinski definition) is 1. The number of carbonyl (C=O) groups is 1. The number of carbonyl (C=O) groups excluding carboxylic acids is 1. The average Bonchev–Trinajstić information content (AvgIpc) is 2.95. The van der Waals surface area contributed by atoms with E-state index in [1.165, 1.54) is 5.57 Å². The molecule has 0 aromatic heterocycles. The zero-order valence-corrected chi connectivity index (χ0v) is 18.2. The van der Waals surface area contributed by atoms with Crippen LogP contribution in [-0.4, -0.2) is 17.0 Å². The molecule has 6 atom stereocenters. The number of aliphatic hydroxyl groups is 1. The number of halogens is 1. The molecule has 29 heavy (non-hydrogen) atoms. The highest BCUT2D eigenvalue weighted by atomic mass is 35.5. The molecule has 0 saturated heterocycles. The smallest absolute Gasteiger partial charge is 0.165 e. The monoisotopic (exact) mass is 410 g/mol. The Morgan fingerprint density at radius 1 is 1.03 bits per heavy atom. The van der Waals surface area contributed by atoms with Crippen LogP contribution in [-0.2, 0) is 4.79 Å². The van der Waals surface area contributed by atoms with E-state index in [4.69, 9.17) is 11.6 Å². The minimum absolute atomic E-state index is 0.165. The maximum absolute atomic E-state index is 13.5. The predicted molar refractivity (Wildman–Crippen MR) is 118 cm³/mol. The van der Waals surface area contributed by atoms with Crippen molar-refractivity contribution in [2.24, 2.45) is 28.6 Å². The number of ketones is 1. The molecule has 0 aliphatic heterocycles. The molecule has 4 aliphatic rings. The first-order valence-electron chi connectivity index (χ1n) is 11.2. The largest absolute Gasteiger partial charge is 0.393 e. The fourth-order valence-corrected chi connectivity index (χ4v) is 7.33. The number of benzene rings is 1. The summed E-state index contributed by atoms with van der Waals surface area (Å²) < 4.78 is 0. The third-order valence-corrected chi connectivity index (χ3v) is 9.18. The van der Waals surface area contributed by atoms with Crippen LogP contribution in [0.15, 0.2) is 41.5 Å². The van der Waals surface area contributed by atoms with Gasteiger partial charge in [-0.2, -0.15) is 0 Å². The highest BCUT2D eigenvalue weighted by Gasteiger charge is 2.59. The van der Waals surface area contributed by atoms with Crippen molar-refractivity contribution in [3.8, 4) is 0 Å². The van der Waals surface area contributed by atoms with Crippen LogP contribution in [0, 0.1) is 28.6 Å². The highest BCUT2D eigenvalue weighted by Crippen LogP contribution is 2.64. The normalized spacial score (nSPS) is 42.8. The molecule has 0 bridgehead atoms. The lowest BCUT2D eigenvalue weighted by Crippen LogP contribution is -2.50. The summed E-state index contributed by atoms with van der Waals surface area (Å²) in [4.78, 5) is 13.5. The molecule has 0 spiro atoms. The minimum Gasteiger partial charge on any atom is -0.393 e. The fourth-order valence-electron chi connectivity index (χ4n) is 7.20. The van der Waals surface area contributed by atoms with Crippen LogP contribution in [0.4, 0.5) is 0 Å². The fraction of sp³-hybridized carbons (Fsp3) is 0.577. The number of allylic oxidation sites excluding steroid dienone is 2. The van der Waals surface area contributed by atoms with Crippen LogP contribution in [0.3, 0.4) is 0 Å². The van der Waals surface area contributed by atoms with Crippen molar-refractivity contribution in [3.63, 3.8) is 0 Å². The number of rotatable bonds is 1. The van der Waals surface area contributed by atoms with Crippen molar-refractivity contribution in [1.82, 2.24) is 0 Å². The van der Waals surface area contributed by atoms with Gasteiger partial charge in [-0.25, -0.2) is 0 Å². The number of Topliss-reactive ketones (excluding diaryl/α,β-unsaturated/α-hetero) is 1. The summed E-state index contributed by atoms with van der Waals surface area (Å²) in [5.74, 6) is 2.04. The summed E-state index contributed by atoms with van der Waals surface area (Å²) in [6.45, 7) is 4.66. The molecule has 4 aliphatic carbocycles. The van der Waals surface area contributed by atoms with Gasteiger partial charge >= 0.3 is 0 Å². The molecule has 1 aromatic rings. The molecular formula is C26H31ClO2. The second-order valence-electron chi connectivity index (χ2n) is 10.4. The Bertz CT molecular complexity index is 898. The SMILES string of the molecule is C[C@]12CC[C@@H](O)CC1=CC[C@H]1[C@H]2CC[C@]2(C)C(=O)/C(=C/c3ccc(Cl)cc3)C[C@@H]12. The van der Waals surface area contributed by atoms with Crippen molar-refractivity contribution < 1.29 is 9.90 Å². The van der Waals surface area contributed by atoms with Gasteiger partial charge in [0.2, 0.25) is 0 Å². The molecule has 154 valence electrons. The van der Waals surface area contributed by atoms with Crippen molar-refractivity contribution in [2.45, 2.75) is 64.9 Å². The second kappa shape index (κ2) is 6.82. The zero-order chi connectivity index (χ0) is 20.4.